The third-order valence-electron chi connectivity index (χ3n) is 2.18. The van der Waals surface area contributed by atoms with E-state index in [0.29, 0.717) is 24.3 Å². The monoisotopic (exact) mass is 254 g/mol. The summed E-state index contributed by atoms with van der Waals surface area (Å²) in [7, 11) is 1.56. The number of carboxylic acid groups (broad SMARTS) is 1. The van der Waals surface area contributed by atoms with Crippen molar-refractivity contribution in [2.24, 2.45) is 0 Å². The summed E-state index contributed by atoms with van der Waals surface area (Å²) >= 11 is 0. The van der Waals surface area contributed by atoms with Crippen molar-refractivity contribution in [3.05, 3.63) is 41.2 Å². The quantitative estimate of drug-likeness (QED) is 0.598. The van der Waals surface area contributed by atoms with E-state index >= 15 is 0 Å². The molecule has 0 amide bonds. The van der Waals surface area contributed by atoms with Gasteiger partial charge in [0.1, 0.15) is 5.82 Å². The highest BCUT2D eigenvalue weighted by molar-refractivity contribution is 5.85. The van der Waals surface area contributed by atoms with Crippen molar-refractivity contribution in [1.29, 1.82) is 0 Å². The zero-order valence-corrected chi connectivity index (χ0v) is 10.1. The van der Waals surface area contributed by atoms with Gasteiger partial charge in [-0.3, -0.25) is 0 Å². The molecule has 0 aliphatic carbocycles. The van der Waals surface area contributed by atoms with Crippen molar-refractivity contribution >= 4 is 12.0 Å². The molecule has 0 fully saturated rings. The van der Waals surface area contributed by atoms with Gasteiger partial charge in [0.25, 0.3) is 0 Å². The van der Waals surface area contributed by atoms with E-state index in [-0.39, 0.29) is 6.61 Å². The number of hydrogen-bond acceptors (Lipinski definition) is 3. The van der Waals surface area contributed by atoms with E-state index in [1.165, 1.54) is 12.1 Å². The lowest BCUT2D eigenvalue weighted by Crippen LogP contribution is -2.03. The molecule has 0 spiro atoms. The smallest absolute Gasteiger partial charge is 0.328 e. The first-order valence-electron chi connectivity index (χ1n) is 5.39. The van der Waals surface area contributed by atoms with Crippen LogP contribution in [0.1, 0.15) is 11.1 Å². The normalized spacial score (nSPS) is 11.0. The minimum atomic E-state index is -1.07. The predicted octanol–water partition coefficient (Wildman–Crippen LogP) is 2.09. The molecule has 4 nitrogen and oxygen atoms in total. The van der Waals surface area contributed by atoms with Crippen LogP contribution in [0, 0.1) is 5.82 Å². The summed E-state index contributed by atoms with van der Waals surface area (Å²) in [6.07, 6.45) is 2.30. The molecule has 0 unspecified atom stereocenters. The Morgan fingerprint density at radius 2 is 2.22 bits per heavy atom. The summed E-state index contributed by atoms with van der Waals surface area (Å²) < 4.78 is 23.6. The maximum Gasteiger partial charge on any atom is 0.328 e. The van der Waals surface area contributed by atoms with Crippen LogP contribution in [0.15, 0.2) is 24.3 Å². The zero-order valence-electron chi connectivity index (χ0n) is 10.1. The van der Waals surface area contributed by atoms with Gasteiger partial charge < -0.3 is 14.6 Å². The van der Waals surface area contributed by atoms with Crippen molar-refractivity contribution in [3.63, 3.8) is 0 Å². The number of aliphatic carboxylic acids is 1. The molecule has 1 rings (SSSR count). The van der Waals surface area contributed by atoms with Crippen molar-refractivity contribution < 1.29 is 23.8 Å². The Kier molecular flexibility index (Phi) is 6.04. The summed E-state index contributed by atoms with van der Waals surface area (Å²) in [5.41, 5.74) is 0.925. The Morgan fingerprint density at radius 3 is 2.83 bits per heavy atom. The van der Waals surface area contributed by atoms with E-state index in [4.69, 9.17) is 14.6 Å². The molecular weight excluding hydrogens is 239 g/mol. The first-order valence-corrected chi connectivity index (χ1v) is 5.39. The first-order chi connectivity index (χ1) is 8.63. The minimum absolute atomic E-state index is 0.165. The van der Waals surface area contributed by atoms with Gasteiger partial charge in [0, 0.05) is 18.7 Å². The Morgan fingerprint density at radius 1 is 1.44 bits per heavy atom. The number of carbonyl (C=O) groups is 1. The highest BCUT2D eigenvalue weighted by atomic mass is 19.1. The SMILES string of the molecule is COCCOCc1ccc(C=CC(=O)O)cc1F. The fourth-order valence-electron chi connectivity index (χ4n) is 1.28. The van der Waals surface area contributed by atoms with Gasteiger partial charge in [-0.25, -0.2) is 9.18 Å². The molecule has 0 aliphatic rings. The molecule has 1 aromatic rings. The van der Waals surface area contributed by atoms with Gasteiger partial charge in [-0.15, -0.1) is 0 Å². The van der Waals surface area contributed by atoms with E-state index in [1.54, 1.807) is 19.2 Å². The lowest BCUT2D eigenvalue weighted by atomic mass is 10.1. The average Bonchev–Trinajstić information content (AvgIpc) is 2.34. The van der Waals surface area contributed by atoms with Crippen LogP contribution >= 0.6 is 0 Å². The van der Waals surface area contributed by atoms with Crippen molar-refractivity contribution in [2.75, 3.05) is 20.3 Å². The molecule has 0 saturated carbocycles. The number of ether oxygens (including phenoxy) is 2. The van der Waals surface area contributed by atoms with Gasteiger partial charge in [-0.2, -0.15) is 0 Å². The molecular formula is C13H15FO4. The van der Waals surface area contributed by atoms with Crippen LogP contribution in [0.5, 0.6) is 0 Å². The maximum atomic E-state index is 13.6. The molecule has 1 N–H and O–H groups in total. The fourth-order valence-corrected chi connectivity index (χ4v) is 1.28. The Bertz CT molecular complexity index is 429. The van der Waals surface area contributed by atoms with Crippen LogP contribution in [0.3, 0.4) is 0 Å². The van der Waals surface area contributed by atoms with Crippen LogP contribution in [0.2, 0.25) is 0 Å². The summed E-state index contributed by atoms with van der Waals surface area (Å²) in [4.78, 5) is 10.3. The van der Waals surface area contributed by atoms with Crippen LogP contribution in [-0.4, -0.2) is 31.4 Å². The predicted molar refractivity (Wildman–Crippen MR) is 64.6 cm³/mol. The lowest BCUT2D eigenvalue weighted by molar-refractivity contribution is -0.131. The second-order valence-corrected chi connectivity index (χ2v) is 3.57. The molecule has 5 heteroatoms. The van der Waals surface area contributed by atoms with Gasteiger partial charge in [-0.1, -0.05) is 12.1 Å². The molecule has 0 saturated heterocycles. The second-order valence-electron chi connectivity index (χ2n) is 3.57. The van der Waals surface area contributed by atoms with Crippen LogP contribution in [0.4, 0.5) is 4.39 Å². The number of benzene rings is 1. The Labute approximate surface area is 105 Å². The summed E-state index contributed by atoms with van der Waals surface area (Å²) in [6, 6.07) is 4.48. The van der Waals surface area contributed by atoms with Gasteiger partial charge in [0.2, 0.25) is 0 Å². The summed E-state index contributed by atoms with van der Waals surface area (Å²) in [6.45, 7) is 1.02. The number of hydrogen-bond donors (Lipinski definition) is 1. The molecule has 0 radical (unpaired) electrons. The molecule has 0 bridgehead atoms. The molecule has 0 aliphatic heterocycles. The van der Waals surface area contributed by atoms with Gasteiger partial charge in [-0.05, 0) is 17.7 Å². The number of methoxy groups -OCH3 is 1. The number of rotatable bonds is 7. The van der Waals surface area contributed by atoms with E-state index in [1.807, 2.05) is 0 Å². The molecule has 0 aromatic heterocycles. The standard InChI is InChI=1S/C13H15FO4/c1-17-6-7-18-9-11-4-2-10(8-12(11)14)3-5-13(15)16/h2-5,8H,6-7,9H2,1H3,(H,15,16). The Balaban J connectivity index is 2.59. The summed E-state index contributed by atoms with van der Waals surface area (Å²) in [5.74, 6) is -1.48. The third kappa shape index (κ3) is 5.07. The van der Waals surface area contributed by atoms with Crippen molar-refractivity contribution in [1.82, 2.24) is 0 Å². The topological polar surface area (TPSA) is 55.8 Å². The van der Waals surface area contributed by atoms with Crippen molar-refractivity contribution in [3.8, 4) is 0 Å². The lowest BCUT2D eigenvalue weighted by Gasteiger charge is -2.05. The second kappa shape index (κ2) is 7.58. The minimum Gasteiger partial charge on any atom is -0.478 e. The maximum absolute atomic E-state index is 13.6. The van der Waals surface area contributed by atoms with E-state index in [2.05, 4.69) is 0 Å². The van der Waals surface area contributed by atoms with E-state index in [0.717, 1.165) is 6.08 Å². The van der Waals surface area contributed by atoms with Crippen molar-refractivity contribution in [2.45, 2.75) is 6.61 Å². The van der Waals surface area contributed by atoms with Crippen LogP contribution in [0.25, 0.3) is 6.08 Å². The highest BCUT2D eigenvalue weighted by Crippen LogP contribution is 2.12. The molecule has 1 aromatic carbocycles. The van der Waals surface area contributed by atoms with Gasteiger partial charge >= 0.3 is 5.97 Å². The Hall–Kier alpha value is -1.72. The summed E-state index contributed by atoms with van der Waals surface area (Å²) in [5, 5.41) is 8.45. The number of carboxylic acids is 1. The van der Waals surface area contributed by atoms with E-state index < -0.39 is 11.8 Å². The van der Waals surface area contributed by atoms with Gasteiger partial charge in [0.15, 0.2) is 0 Å². The molecule has 98 valence electrons. The fraction of sp³-hybridized carbons (Fsp3) is 0.308. The number of halogens is 1. The van der Waals surface area contributed by atoms with Gasteiger partial charge in [0.05, 0.1) is 19.8 Å². The molecule has 18 heavy (non-hydrogen) atoms. The first kappa shape index (κ1) is 14.3. The molecule has 0 heterocycles. The van der Waals surface area contributed by atoms with Crippen LogP contribution < -0.4 is 0 Å². The van der Waals surface area contributed by atoms with Crippen LogP contribution in [-0.2, 0) is 20.9 Å². The molecule has 0 atom stereocenters. The largest absolute Gasteiger partial charge is 0.478 e. The third-order valence-corrected chi connectivity index (χ3v) is 2.18. The average molecular weight is 254 g/mol. The highest BCUT2D eigenvalue weighted by Gasteiger charge is 2.03. The zero-order chi connectivity index (χ0) is 13.4. The van der Waals surface area contributed by atoms with E-state index in [9.17, 15) is 9.18 Å².